The lowest BCUT2D eigenvalue weighted by Crippen LogP contribution is -2.31. The number of rotatable bonds is 2. The molecular weight excluding hydrogens is 216 g/mol. The summed E-state index contributed by atoms with van der Waals surface area (Å²) in [7, 11) is 0. The van der Waals surface area contributed by atoms with Crippen LogP contribution in [0.4, 0.5) is 5.69 Å². The van der Waals surface area contributed by atoms with Crippen LogP contribution in [0.15, 0.2) is 24.3 Å². The zero-order valence-electron chi connectivity index (χ0n) is 9.70. The number of nitrogens with zero attached hydrogens (tertiary/aromatic N) is 1. The summed E-state index contributed by atoms with van der Waals surface area (Å²) in [5, 5.41) is 4.18. The van der Waals surface area contributed by atoms with Gasteiger partial charge in [-0.3, -0.25) is 0 Å². The Kier molecular flexibility index (Phi) is 3.78. The fraction of sp³-hybridized carbons (Fsp3) is 0.462. The van der Waals surface area contributed by atoms with Crippen molar-refractivity contribution in [2.24, 2.45) is 0 Å². The van der Waals surface area contributed by atoms with Gasteiger partial charge in [0.05, 0.1) is 0 Å². The topological polar surface area (TPSA) is 15.3 Å². The third kappa shape index (κ3) is 2.73. The molecule has 16 heavy (non-hydrogen) atoms. The average Bonchev–Trinajstić information content (AvgIpc) is 2.83. The predicted molar refractivity (Wildman–Crippen MR) is 72.8 cm³/mol. The van der Waals surface area contributed by atoms with E-state index >= 15 is 0 Å². The highest BCUT2D eigenvalue weighted by atomic mass is 32.1. The van der Waals surface area contributed by atoms with Crippen LogP contribution in [0, 0.1) is 0 Å². The SMILES string of the molecule is CCc1cccc(NC(=S)N2CCCC2)c1. The Hall–Kier alpha value is -1.09. The van der Waals surface area contributed by atoms with Crippen LogP contribution in [-0.4, -0.2) is 23.1 Å². The molecule has 1 aromatic carbocycles. The third-order valence-electron chi connectivity index (χ3n) is 2.98. The number of hydrogen-bond donors (Lipinski definition) is 1. The van der Waals surface area contributed by atoms with Crippen LogP contribution < -0.4 is 5.32 Å². The van der Waals surface area contributed by atoms with Crippen molar-refractivity contribution in [3.8, 4) is 0 Å². The van der Waals surface area contributed by atoms with E-state index < -0.39 is 0 Å². The molecule has 0 spiro atoms. The van der Waals surface area contributed by atoms with Crippen molar-refractivity contribution in [1.29, 1.82) is 0 Å². The van der Waals surface area contributed by atoms with E-state index in [1.807, 2.05) is 0 Å². The maximum Gasteiger partial charge on any atom is 0.173 e. The number of benzene rings is 1. The van der Waals surface area contributed by atoms with Crippen molar-refractivity contribution >= 4 is 23.0 Å². The van der Waals surface area contributed by atoms with Crippen molar-refractivity contribution < 1.29 is 0 Å². The summed E-state index contributed by atoms with van der Waals surface area (Å²) in [6, 6.07) is 8.46. The monoisotopic (exact) mass is 234 g/mol. The van der Waals surface area contributed by atoms with Gasteiger partial charge in [-0.25, -0.2) is 0 Å². The largest absolute Gasteiger partial charge is 0.349 e. The lowest BCUT2D eigenvalue weighted by atomic mass is 10.1. The Bertz CT molecular complexity index is 370. The predicted octanol–water partition coefficient (Wildman–Crippen LogP) is 3.04. The molecule has 0 unspecified atom stereocenters. The number of hydrogen-bond acceptors (Lipinski definition) is 1. The lowest BCUT2D eigenvalue weighted by Gasteiger charge is -2.19. The van der Waals surface area contributed by atoms with E-state index in [2.05, 4.69) is 41.4 Å². The van der Waals surface area contributed by atoms with Crippen molar-refractivity contribution in [2.45, 2.75) is 26.2 Å². The third-order valence-corrected chi connectivity index (χ3v) is 3.34. The van der Waals surface area contributed by atoms with Gasteiger partial charge in [0.2, 0.25) is 0 Å². The Labute approximate surface area is 103 Å². The first-order valence-corrected chi connectivity index (χ1v) is 6.35. The number of nitrogens with one attached hydrogen (secondary N) is 1. The summed E-state index contributed by atoms with van der Waals surface area (Å²) < 4.78 is 0. The fourth-order valence-electron chi connectivity index (χ4n) is 1.99. The van der Waals surface area contributed by atoms with E-state index in [4.69, 9.17) is 12.2 Å². The minimum absolute atomic E-state index is 0.866. The molecule has 0 amide bonds. The molecule has 0 aliphatic carbocycles. The minimum atomic E-state index is 0.866. The minimum Gasteiger partial charge on any atom is -0.349 e. The van der Waals surface area contributed by atoms with Gasteiger partial charge in [0.1, 0.15) is 0 Å². The van der Waals surface area contributed by atoms with Crippen molar-refractivity contribution in [2.75, 3.05) is 18.4 Å². The Morgan fingerprint density at radius 2 is 2.12 bits per heavy atom. The highest BCUT2D eigenvalue weighted by Crippen LogP contribution is 2.14. The Morgan fingerprint density at radius 1 is 1.38 bits per heavy atom. The van der Waals surface area contributed by atoms with Gasteiger partial charge in [0.25, 0.3) is 0 Å². The summed E-state index contributed by atoms with van der Waals surface area (Å²) in [6.07, 6.45) is 3.58. The first kappa shape index (κ1) is 11.4. The van der Waals surface area contributed by atoms with E-state index in [0.717, 1.165) is 30.3 Å². The second-order valence-electron chi connectivity index (χ2n) is 4.18. The molecule has 1 fully saturated rings. The highest BCUT2D eigenvalue weighted by Gasteiger charge is 2.14. The zero-order chi connectivity index (χ0) is 11.4. The molecule has 1 aliphatic heterocycles. The molecule has 1 saturated heterocycles. The van der Waals surface area contributed by atoms with Crippen LogP contribution in [0.1, 0.15) is 25.3 Å². The van der Waals surface area contributed by atoms with Gasteiger partial charge in [-0.15, -0.1) is 0 Å². The summed E-state index contributed by atoms with van der Waals surface area (Å²) in [6.45, 7) is 4.36. The van der Waals surface area contributed by atoms with Gasteiger partial charge in [0, 0.05) is 18.8 Å². The summed E-state index contributed by atoms with van der Waals surface area (Å²) in [5.41, 5.74) is 2.45. The molecule has 0 atom stereocenters. The van der Waals surface area contributed by atoms with E-state index in [9.17, 15) is 0 Å². The van der Waals surface area contributed by atoms with Gasteiger partial charge in [-0.1, -0.05) is 19.1 Å². The highest BCUT2D eigenvalue weighted by molar-refractivity contribution is 7.80. The maximum atomic E-state index is 5.39. The molecule has 1 N–H and O–H groups in total. The molecule has 3 heteroatoms. The molecule has 1 aliphatic rings. The first-order chi connectivity index (χ1) is 7.79. The summed E-state index contributed by atoms with van der Waals surface area (Å²) in [5.74, 6) is 0. The maximum absolute atomic E-state index is 5.39. The van der Waals surface area contributed by atoms with Crippen molar-refractivity contribution in [3.63, 3.8) is 0 Å². The first-order valence-electron chi connectivity index (χ1n) is 5.94. The van der Waals surface area contributed by atoms with E-state index in [-0.39, 0.29) is 0 Å². The molecular formula is C13H18N2S. The van der Waals surface area contributed by atoms with Crippen LogP contribution in [0.3, 0.4) is 0 Å². The van der Waals surface area contributed by atoms with Gasteiger partial charge in [-0.05, 0) is 49.2 Å². The van der Waals surface area contributed by atoms with Crippen LogP contribution in [0.25, 0.3) is 0 Å². The molecule has 1 heterocycles. The molecule has 2 nitrogen and oxygen atoms in total. The molecule has 86 valence electrons. The number of likely N-dealkylation sites (tertiary alicyclic amines) is 1. The lowest BCUT2D eigenvalue weighted by molar-refractivity contribution is 0.528. The summed E-state index contributed by atoms with van der Waals surface area (Å²) in [4.78, 5) is 2.24. The van der Waals surface area contributed by atoms with Crippen LogP contribution in [0.5, 0.6) is 0 Å². The van der Waals surface area contributed by atoms with E-state index in [0.29, 0.717) is 0 Å². The van der Waals surface area contributed by atoms with Crippen molar-refractivity contribution in [1.82, 2.24) is 4.90 Å². The van der Waals surface area contributed by atoms with E-state index in [1.165, 1.54) is 18.4 Å². The number of anilines is 1. The molecule has 0 bridgehead atoms. The zero-order valence-corrected chi connectivity index (χ0v) is 10.5. The Balaban J connectivity index is 1.99. The van der Waals surface area contributed by atoms with Gasteiger partial charge < -0.3 is 10.2 Å². The van der Waals surface area contributed by atoms with Crippen LogP contribution in [-0.2, 0) is 6.42 Å². The quantitative estimate of drug-likeness (QED) is 0.792. The smallest absolute Gasteiger partial charge is 0.173 e. The van der Waals surface area contributed by atoms with Crippen LogP contribution in [0.2, 0.25) is 0 Å². The van der Waals surface area contributed by atoms with Crippen LogP contribution >= 0.6 is 12.2 Å². The number of thiocarbonyl (C=S) groups is 1. The fourth-order valence-corrected chi connectivity index (χ4v) is 2.29. The van der Waals surface area contributed by atoms with E-state index in [1.54, 1.807) is 0 Å². The molecule has 1 aromatic rings. The molecule has 0 saturated carbocycles. The van der Waals surface area contributed by atoms with Gasteiger partial charge >= 0.3 is 0 Å². The second-order valence-corrected chi connectivity index (χ2v) is 4.56. The molecule has 0 aromatic heterocycles. The number of aryl methyl sites for hydroxylation is 1. The van der Waals surface area contributed by atoms with Crippen molar-refractivity contribution in [3.05, 3.63) is 29.8 Å². The summed E-state index contributed by atoms with van der Waals surface area (Å²) >= 11 is 5.39. The standard InChI is InChI=1S/C13H18N2S/c1-2-11-6-5-7-12(10-11)14-13(16)15-8-3-4-9-15/h5-7,10H,2-4,8-9H2,1H3,(H,14,16). The Morgan fingerprint density at radius 3 is 2.81 bits per heavy atom. The molecule has 0 radical (unpaired) electrons. The normalized spacial score (nSPS) is 15.2. The van der Waals surface area contributed by atoms with Gasteiger partial charge in [-0.2, -0.15) is 0 Å². The van der Waals surface area contributed by atoms with Gasteiger partial charge in [0.15, 0.2) is 5.11 Å². The second kappa shape index (κ2) is 5.30. The average molecular weight is 234 g/mol. The molecule has 2 rings (SSSR count).